The van der Waals surface area contributed by atoms with Crippen LogP contribution in [0, 0.1) is 47.4 Å². The second-order valence-corrected chi connectivity index (χ2v) is 19.4. The van der Waals surface area contributed by atoms with Crippen molar-refractivity contribution < 1.29 is 19.1 Å². The van der Waals surface area contributed by atoms with Gasteiger partial charge >= 0.3 is 12.2 Å². The van der Waals surface area contributed by atoms with Gasteiger partial charge in [-0.2, -0.15) is 0 Å². The molecule has 0 spiro atoms. The SMILES string of the molecule is C#CC(c1nc2c([nH]1)CCc1cc(C#Cc3ccc4c(c3)CCc3[nH]c(CN(C(=O)OC(C)(C)C)C5C(C)C5C=C)nc3-4)ccc1-2)N(C(=O)OC(C)(C)C)C1C2CC21C. The van der Waals surface area contributed by atoms with Crippen molar-refractivity contribution in [3.63, 3.8) is 0 Å². The number of carbonyl (C=O) groups excluding carboxylic acids is 2. The third kappa shape index (κ3) is 7.11. The predicted octanol–water partition coefficient (Wildman–Crippen LogP) is 8.94. The van der Waals surface area contributed by atoms with Gasteiger partial charge in [-0.25, -0.2) is 19.6 Å². The van der Waals surface area contributed by atoms with E-state index < -0.39 is 17.2 Å². The molecule has 304 valence electrons. The molecule has 5 aliphatic rings. The summed E-state index contributed by atoms with van der Waals surface area (Å²) in [6.07, 6.45) is 11.8. The van der Waals surface area contributed by atoms with E-state index in [1.54, 1.807) is 4.90 Å². The fourth-order valence-corrected chi connectivity index (χ4v) is 9.50. The average Bonchev–Trinajstić information content (AvgIpc) is 4.01. The van der Waals surface area contributed by atoms with Crippen LogP contribution in [0.25, 0.3) is 22.5 Å². The molecule has 2 N–H and O–H groups in total. The molecule has 0 bridgehead atoms. The monoisotopic (exact) mass is 790 g/mol. The maximum atomic E-state index is 13.5. The number of amides is 2. The van der Waals surface area contributed by atoms with Gasteiger partial charge in [-0.15, -0.1) is 13.0 Å². The summed E-state index contributed by atoms with van der Waals surface area (Å²) in [5.74, 6) is 12.1. The molecule has 2 amide bonds. The highest BCUT2D eigenvalue weighted by molar-refractivity contribution is 5.74. The number of hydrogen-bond acceptors (Lipinski definition) is 6. The van der Waals surface area contributed by atoms with Crippen LogP contribution in [0.4, 0.5) is 9.59 Å². The minimum atomic E-state index is -0.645. The van der Waals surface area contributed by atoms with E-state index in [0.717, 1.165) is 83.0 Å². The van der Waals surface area contributed by atoms with Crippen LogP contribution < -0.4 is 0 Å². The fraction of sp³-hybridized carbons (Fsp3) is 0.469. The highest BCUT2D eigenvalue weighted by Crippen LogP contribution is 2.77. The first-order chi connectivity index (χ1) is 28.0. The van der Waals surface area contributed by atoms with Crippen molar-refractivity contribution in [2.75, 3.05) is 0 Å². The third-order valence-electron chi connectivity index (χ3n) is 12.9. The van der Waals surface area contributed by atoms with Crippen molar-refractivity contribution >= 4 is 12.2 Å². The molecule has 2 heterocycles. The summed E-state index contributed by atoms with van der Waals surface area (Å²) in [6, 6.07) is 12.1. The molecular formula is C49H54N6O4. The Morgan fingerprint density at radius 2 is 1.47 bits per heavy atom. The lowest BCUT2D eigenvalue weighted by atomic mass is 9.90. The van der Waals surface area contributed by atoms with Crippen molar-refractivity contribution in [3.8, 4) is 46.7 Å². The van der Waals surface area contributed by atoms with E-state index in [4.69, 9.17) is 25.9 Å². The highest BCUT2D eigenvalue weighted by Gasteiger charge is 2.79. The molecular weight excluding hydrogens is 737 g/mol. The quantitative estimate of drug-likeness (QED) is 0.143. The molecule has 59 heavy (non-hydrogen) atoms. The van der Waals surface area contributed by atoms with Gasteiger partial charge < -0.3 is 19.4 Å². The number of carbonyl (C=O) groups is 2. The number of aryl methyl sites for hydroxylation is 4. The van der Waals surface area contributed by atoms with Crippen LogP contribution in [0.3, 0.4) is 0 Å². The van der Waals surface area contributed by atoms with Crippen LogP contribution in [-0.2, 0) is 41.7 Å². The Labute approximate surface area is 347 Å². The van der Waals surface area contributed by atoms with E-state index >= 15 is 0 Å². The summed E-state index contributed by atoms with van der Waals surface area (Å²) in [6.45, 7) is 20.0. The standard InChI is InChI=1S/C49H54N6O4/c1-11-32-27(3)42(32)54(45(56)58-47(4,5)6)26-39-50-36-21-17-30-23-28(15-19-33(30)40(36)52-39)13-14-29-16-20-34-31(24-29)18-22-37-41(34)53-44(51-37)38(12-2)55(43-35-25-49(35,43)10)46(57)59-48(7,8)9/h2,11,15-16,19-20,23-24,27,32,35,38,42-43H,1,17-18,21-22,25-26H2,3-10H3,(H,50,52)(H,51,53). The number of fused-ring (bicyclic) bond motifs is 7. The summed E-state index contributed by atoms with van der Waals surface area (Å²) in [4.78, 5) is 47.6. The van der Waals surface area contributed by atoms with Crippen LogP contribution in [0.5, 0.6) is 0 Å². The van der Waals surface area contributed by atoms with E-state index in [1.165, 1.54) is 11.1 Å². The summed E-state index contributed by atoms with van der Waals surface area (Å²) < 4.78 is 11.7. The zero-order valence-electron chi connectivity index (χ0n) is 35.5. The molecule has 3 fully saturated rings. The van der Waals surface area contributed by atoms with Crippen molar-refractivity contribution in [1.82, 2.24) is 29.7 Å². The maximum absolute atomic E-state index is 13.5. The lowest BCUT2D eigenvalue weighted by Gasteiger charge is -2.33. The number of H-pyrrole nitrogens is 2. The molecule has 2 aromatic heterocycles. The van der Waals surface area contributed by atoms with Gasteiger partial charge in [-0.05, 0) is 126 Å². The Balaban J connectivity index is 0.915. The van der Waals surface area contributed by atoms with Gasteiger partial charge in [-0.1, -0.05) is 49.8 Å². The maximum Gasteiger partial charge on any atom is 0.411 e. The molecule has 0 aliphatic heterocycles. The van der Waals surface area contributed by atoms with Crippen molar-refractivity contribution in [2.45, 2.75) is 123 Å². The van der Waals surface area contributed by atoms with Crippen LogP contribution in [0.15, 0.2) is 49.1 Å². The van der Waals surface area contributed by atoms with Gasteiger partial charge in [-0.3, -0.25) is 9.80 Å². The Kier molecular flexibility index (Phi) is 8.97. The Hall–Kier alpha value is -5.74. The topological polar surface area (TPSA) is 116 Å². The van der Waals surface area contributed by atoms with E-state index in [-0.39, 0.29) is 35.6 Å². The minimum absolute atomic E-state index is 0.0416. The first-order valence-corrected chi connectivity index (χ1v) is 21.0. The van der Waals surface area contributed by atoms with Crippen LogP contribution in [0.2, 0.25) is 0 Å². The minimum Gasteiger partial charge on any atom is -0.444 e. The smallest absolute Gasteiger partial charge is 0.411 e. The number of hydrogen-bond donors (Lipinski definition) is 2. The molecule has 10 heteroatoms. The number of benzene rings is 2. The zero-order chi connectivity index (χ0) is 41.8. The Morgan fingerprint density at radius 1 is 0.915 bits per heavy atom. The van der Waals surface area contributed by atoms with Crippen molar-refractivity contribution in [2.24, 2.45) is 23.2 Å². The molecule has 4 aromatic rings. The molecule has 0 saturated heterocycles. The molecule has 3 saturated carbocycles. The van der Waals surface area contributed by atoms with E-state index in [1.807, 2.05) is 52.5 Å². The third-order valence-corrected chi connectivity index (χ3v) is 12.9. The molecule has 9 rings (SSSR count). The Bertz CT molecular complexity index is 2510. The van der Waals surface area contributed by atoms with Crippen LogP contribution in [0.1, 0.15) is 113 Å². The summed E-state index contributed by atoms with van der Waals surface area (Å²) in [5, 5.41) is 0. The second-order valence-electron chi connectivity index (χ2n) is 19.4. The van der Waals surface area contributed by atoms with Gasteiger partial charge in [0.05, 0.1) is 17.9 Å². The van der Waals surface area contributed by atoms with Gasteiger partial charge in [0.2, 0.25) is 0 Å². The van der Waals surface area contributed by atoms with Crippen molar-refractivity contribution in [1.29, 1.82) is 0 Å². The molecule has 5 aliphatic carbocycles. The zero-order valence-corrected chi connectivity index (χ0v) is 35.5. The van der Waals surface area contributed by atoms with Gasteiger partial charge in [0.25, 0.3) is 0 Å². The number of terminal acetylenes is 1. The molecule has 0 radical (unpaired) electrons. The fourth-order valence-electron chi connectivity index (χ4n) is 9.50. The van der Waals surface area contributed by atoms with Crippen LogP contribution >= 0.6 is 0 Å². The normalized spacial score (nSPS) is 24.6. The predicted molar refractivity (Wildman–Crippen MR) is 227 cm³/mol. The summed E-state index contributed by atoms with van der Waals surface area (Å²) >= 11 is 0. The van der Waals surface area contributed by atoms with E-state index in [2.05, 4.69) is 84.6 Å². The number of ether oxygens (including phenoxy) is 2. The first-order valence-electron chi connectivity index (χ1n) is 21.0. The number of nitrogens with zero attached hydrogens (tertiary/aromatic N) is 4. The second kappa shape index (κ2) is 13.7. The highest BCUT2D eigenvalue weighted by atomic mass is 16.6. The molecule has 2 aromatic carbocycles. The number of aromatic amines is 2. The first kappa shape index (κ1) is 38.8. The Morgan fingerprint density at radius 3 is 1.98 bits per heavy atom. The molecule has 10 nitrogen and oxygen atoms in total. The van der Waals surface area contributed by atoms with Gasteiger partial charge in [0, 0.05) is 51.6 Å². The van der Waals surface area contributed by atoms with E-state index in [9.17, 15) is 9.59 Å². The summed E-state index contributed by atoms with van der Waals surface area (Å²) in [7, 11) is 0. The van der Waals surface area contributed by atoms with E-state index in [0.29, 0.717) is 24.2 Å². The number of aromatic nitrogens is 4. The largest absolute Gasteiger partial charge is 0.444 e. The number of rotatable bonds is 7. The lowest BCUT2D eigenvalue weighted by molar-refractivity contribution is 0.0118. The van der Waals surface area contributed by atoms with Crippen LogP contribution in [-0.4, -0.2) is 65.2 Å². The molecule has 7 unspecified atom stereocenters. The van der Waals surface area contributed by atoms with Gasteiger partial charge in [0.1, 0.15) is 22.9 Å². The average molecular weight is 791 g/mol. The van der Waals surface area contributed by atoms with Gasteiger partial charge in [0.15, 0.2) is 6.04 Å². The molecule has 7 atom stereocenters. The number of imidazole rings is 2. The number of nitrogens with one attached hydrogen (secondary N) is 2. The summed E-state index contributed by atoms with van der Waals surface area (Å²) in [5.41, 5.74) is 9.28. The lowest BCUT2D eigenvalue weighted by Crippen LogP contribution is -2.43. The van der Waals surface area contributed by atoms with Crippen molar-refractivity contribution in [3.05, 3.63) is 94.3 Å².